The SMILES string of the molecule is COc1ccc(OC)c(/C=C/C(=O)OCC(=O)N2CCCCCC2)c1. The Labute approximate surface area is 148 Å². The van der Waals surface area contributed by atoms with Crippen molar-refractivity contribution in [3.8, 4) is 11.5 Å². The van der Waals surface area contributed by atoms with E-state index in [2.05, 4.69) is 0 Å². The molecule has 0 bridgehead atoms. The van der Waals surface area contributed by atoms with Crippen LogP contribution in [0.25, 0.3) is 6.08 Å². The highest BCUT2D eigenvalue weighted by Gasteiger charge is 2.16. The summed E-state index contributed by atoms with van der Waals surface area (Å²) in [6, 6.07) is 5.28. The molecule has 0 atom stereocenters. The third kappa shape index (κ3) is 5.81. The predicted molar refractivity (Wildman–Crippen MR) is 94.6 cm³/mol. The van der Waals surface area contributed by atoms with Crippen molar-refractivity contribution in [2.75, 3.05) is 33.9 Å². The van der Waals surface area contributed by atoms with Crippen LogP contribution in [0.1, 0.15) is 31.2 Å². The fourth-order valence-corrected chi connectivity index (χ4v) is 2.72. The van der Waals surface area contributed by atoms with Crippen LogP contribution in [0.2, 0.25) is 0 Å². The molecule has 1 fully saturated rings. The molecular formula is C19H25NO5. The lowest BCUT2D eigenvalue weighted by atomic mass is 10.1. The summed E-state index contributed by atoms with van der Waals surface area (Å²) in [6.07, 6.45) is 7.18. The van der Waals surface area contributed by atoms with Crippen molar-refractivity contribution in [2.45, 2.75) is 25.7 Å². The standard InChI is InChI=1S/C19H25NO5/c1-23-16-8-9-17(24-2)15(13-16)7-10-19(22)25-14-18(21)20-11-5-3-4-6-12-20/h7-10,13H,3-6,11-12,14H2,1-2H3/b10-7+. The van der Waals surface area contributed by atoms with E-state index in [-0.39, 0.29) is 12.5 Å². The van der Waals surface area contributed by atoms with Crippen LogP contribution in [-0.2, 0) is 14.3 Å². The van der Waals surface area contributed by atoms with Crippen LogP contribution in [0.5, 0.6) is 11.5 Å². The number of esters is 1. The largest absolute Gasteiger partial charge is 0.497 e. The van der Waals surface area contributed by atoms with Crippen molar-refractivity contribution < 1.29 is 23.8 Å². The molecule has 0 aliphatic carbocycles. The second-order valence-corrected chi connectivity index (χ2v) is 5.84. The molecular weight excluding hydrogens is 322 g/mol. The van der Waals surface area contributed by atoms with Crippen LogP contribution < -0.4 is 9.47 Å². The first kappa shape index (κ1) is 18.8. The number of nitrogens with zero attached hydrogens (tertiary/aromatic N) is 1. The number of benzene rings is 1. The van der Waals surface area contributed by atoms with Crippen molar-refractivity contribution in [1.82, 2.24) is 4.90 Å². The number of methoxy groups -OCH3 is 2. The van der Waals surface area contributed by atoms with E-state index >= 15 is 0 Å². The van der Waals surface area contributed by atoms with Gasteiger partial charge in [-0.25, -0.2) is 4.79 Å². The number of hydrogen-bond acceptors (Lipinski definition) is 5. The molecule has 0 N–H and O–H groups in total. The Balaban J connectivity index is 1.89. The van der Waals surface area contributed by atoms with Gasteiger partial charge in [-0.3, -0.25) is 4.79 Å². The summed E-state index contributed by atoms with van der Waals surface area (Å²) < 4.78 is 15.5. The average Bonchev–Trinajstić information content (AvgIpc) is 2.93. The molecule has 0 unspecified atom stereocenters. The molecule has 1 saturated heterocycles. The van der Waals surface area contributed by atoms with Crippen molar-refractivity contribution in [3.63, 3.8) is 0 Å². The van der Waals surface area contributed by atoms with Crippen LogP contribution in [0.3, 0.4) is 0 Å². The molecule has 136 valence electrons. The summed E-state index contributed by atoms with van der Waals surface area (Å²) in [5.74, 6) is 0.575. The maximum absolute atomic E-state index is 12.1. The first-order valence-corrected chi connectivity index (χ1v) is 8.48. The van der Waals surface area contributed by atoms with E-state index < -0.39 is 5.97 Å². The van der Waals surface area contributed by atoms with Gasteiger partial charge in [-0.2, -0.15) is 0 Å². The van der Waals surface area contributed by atoms with Crippen molar-refractivity contribution >= 4 is 18.0 Å². The van der Waals surface area contributed by atoms with Gasteiger partial charge in [-0.15, -0.1) is 0 Å². The fraction of sp³-hybridized carbons (Fsp3) is 0.474. The van der Waals surface area contributed by atoms with Crippen molar-refractivity contribution in [3.05, 3.63) is 29.8 Å². The number of amides is 1. The van der Waals surface area contributed by atoms with Gasteiger partial charge in [-0.05, 0) is 37.1 Å². The minimum Gasteiger partial charge on any atom is -0.497 e. The van der Waals surface area contributed by atoms with Crippen LogP contribution in [0, 0.1) is 0 Å². The second kappa shape index (κ2) is 9.71. The minimum atomic E-state index is -0.562. The summed E-state index contributed by atoms with van der Waals surface area (Å²) in [5.41, 5.74) is 0.692. The minimum absolute atomic E-state index is 0.136. The normalized spacial score (nSPS) is 14.9. The van der Waals surface area contributed by atoms with Crippen LogP contribution in [0.15, 0.2) is 24.3 Å². The van der Waals surface area contributed by atoms with Crippen molar-refractivity contribution in [2.24, 2.45) is 0 Å². The van der Waals surface area contributed by atoms with Crippen LogP contribution in [0.4, 0.5) is 0 Å². The Morgan fingerprint density at radius 2 is 1.80 bits per heavy atom. The third-order valence-corrected chi connectivity index (χ3v) is 4.13. The molecule has 0 spiro atoms. The highest BCUT2D eigenvalue weighted by molar-refractivity contribution is 5.89. The molecule has 25 heavy (non-hydrogen) atoms. The molecule has 1 aromatic rings. The summed E-state index contributed by atoms with van der Waals surface area (Å²) in [6.45, 7) is 1.26. The topological polar surface area (TPSA) is 65.1 Å². The van der Waals surface area contributed by atoms with Gasteiger partial charge in [0.2, 0.25) is 0 Å². The van der Waals surface area contributed by atoms with Crippen molar-refractivity contribution in [1.29, 1.82) is 0 Å². The smallest absolute Gasteiger partial charge is 0.331 e. The number of carbonyl (C=O) groups is 2. The molecule has 1 heterocycles. The van der Waals surface area contributed by atoms with E-state index in [1.165, 1.54) is 6.08 Å². The second-order valence-electron chi connectivity index (χ2n) is 5.84. The Bertz CT molecular complexity index is 618. The monoisotopic (exact) mass is 347 g/mol. The zero-order valence-corrected chi connectivity index (χ0v) is 14.8. The molecule has 0 saturated carbocycles. The molecule has 1 aromatic carbocycles. The number of ether oxygens (including phenoxy) is 3. The van der Waals surface area contributed by atoms with Gasteiger partial charge in [0.25, 0.3) is 5.91 Å². The molecule has 2 rings (SSSR count). The average molecular weight is 347 g/mol. The van der Waals surface area contributed by atoms with Gasteiger partial charge >= 0.3 is 5.97 Å². The quantitative estimate of drug-likeness (QED) is 0.585. The maximum Gasteiger partial charge on any atom is 0.331 e. The summed E-state index contributed by atoms with van der Waals surface area (Å²) in [5, 5.41) is 0. The maximum atomic E-state index is 12.1. The number of carbonyl (C=O) groups excluding carboxylic acids is 2. The Morgan fingerprint density at radius 1 is 1.08 bits per heavy atom. The third-order valence-electron chi connectivity index (χ3n) is 4.13. The summed E-state index contributed by atoms with van der Waals surface area (Å²) >= 11 is 0. The summed E-state index contributed by atoms with van der Waals surface area (Å²) in [4.78, 5) is 25.7. The first-order valence-electron chi connectivity index (χ1n) is 8.48. The lowest BCUT2D eigenvalue weighted by molar-refractivity contribution is -0.148. The van der Waals surface area contributed by atoms with E-state index in [0.717, 1.165) is 38.8 Å². The fourth-order valence-electron chi connectivity index (χ4n) is 2.72. The lowest BCUT2D eigenvalue weighted by Crippen LogP contribution is -2.35. The van der Waals surface area contributed by atoms with Crippen LogP contribution in [-0.4, -0.2) is 50.7 Å². The number of rotatable bonds is 6. The van der Waals surface area contributed by atoms with E-state index in [1.54, 1.807) is 43.4 Å². The Hall–Kier alpha value is -2.50. The highest BCUT2D eigenvalue weighted by atomic mass is 16.5. The Kier molecular flexibility index (Phi) is 7.32. The van der Waals surface area contributed by atoms with E-state index in [0.29, 0.717) is 17.1 Å². The van der Waals surface area contributed by atoms with Gasteiger partial charge in [-0.1, -0.05) is 12.8 Å². The van der Waals surface area contributed by atoms with Gasteiger partial charge < -0.3 is 19.1 Å². The first-order chi connectivity index (χ1) is 12.1. The molecule has 6 heteroatoms. The van der Waals surface area contributed by atoms with Gasteiger partial charge in [0, 0.05) is 24.7 Å². The van der Waals surface area contributed by atoms with E-state index in [4.69, 9.17) is 14.2 Å². The number of hydrogen-bond donors (Lipinski definition) is 0. The zero-order chi connectivity index (χ0) is 18.1. The van der Waals surface area contributed by atoms with Crippen LogP contribution >= 0.6 is 0 Å². The molecule has 1 amide bonds. The number of likely N-dealkylation sites (tertiary alicyclic amines) is 1. The molecule has 6 nitrogen and oxygen atoms in total. The lowest BCUT2D eigenvalue weighted by Gasteiger charge is -2.19. The molecule has 1 aliphatic heterocycles. The Morgan fingerprint density at radius 3 is 2.44 bits per heavy atom. The molecule has 0 aromatic heterocycles. The molecule has 1 aliphatic rings. The molecule has 0 radical (unpaired) electrons. The van der Waals surface area contributed by atoms with Gasteiger partial charge in [0.05, 0.1) is 14.2 Å². The van der Waals surface area contributed by atoms with E-state index in [1.807, 2.05) is 0 Å². The zero-order valence-electron chi connectivity index (χ0n) is 14.8. The predicted octanol–water partition coefficient (Wildman–Crippen LogP) is 2.66. The highest BCUT2D eigenvalue weighted by Crippen LogP contribution is 2.25. The van der Waals surface area contributed by atoms with E-state index in [9.17, 15) is 9.59 Å². The summed E-state index contributed by atoms with van der Waals surface area (Å²) in [7, 11) is 3.12. The van der Waals surface area contributed by atoms with Gasteiger partial charge in [0.1, 0.15) is 11.5 Å². The van der Waals surface area contributed by atoms with Gasteiger partial charge in [0.15, 0.2) is 6.61 Å².